The van der Waals surface area contributed by atoms with Crippen molar-refractivity contribution in [1.29, 1.82) is 0 Å². The Morgan fingerprint density at radius 1 is 0.966 bits per heavy atom. The number of rotatable bonds is 7. The lowest BCUT2D eigenvalue weighted by Crippen LogP contribution is -2.34. The van der Waals surface area contributed by atoms with Gasteiger partial charge in [0.1, 0.15) is 5.69 Å². The molecule has 1 saturated heterocycles. The van der Waals surface area contributed by atoms with Gasteiger partial charge in [0.05, 0.1) is 0 Å². The summed E-state index contributed by atoms with van der Waals surface area (Å²) in [7, 11) is 0. The predicted octanol–water partition coefficient (Wildman–Crippen LogP) is 4.34. The van der Waals surface area contributed by atoms with E-state index in [9.17, 15) is 4.79 Å². The molecule has 1 aliphatic rings. The zero-order chi connectivity index (χ0) is 20.1. The van der Waals surface area contributed by atoms with Gasteiger partial charge in [0.15, 0.2) is 0 Å². The number of aryl methyl sites for hydroxylation is 1. The molecule has 1 aromatic heterocycles. The molecule has 0 atom stereocenters. The molecule has 150 valence electrons. The minimum atomic E-state index is 0.00656. The van der Waals surface area contributed by atoms with Crippen LogP contribution in [0.4, 0.5) is 0 Å². The number of aromatic nitrogens is 1. The standard InChI is InChI=1S/C25H29N3O/c1-20-18-28(19-21-10-4-2-5-11-21)24(23(20)22-12-6-3-7-13-22)25(29)26-14-17-27-15-8-9-16-27/h2-7,10-13,18H,8-9,14-17,19H2,1H3,(H,26,29). The number of carbonyl (C=O) groups excluding carboxylic acids is 1. The van der Waals surface area contributed by atoms with Crippen molar-refractivity contribution in [3.8, 4) is 11.1 Å². The Hall–Kier alpha value is -2.85. The van der Waals surface area contributed by atoms with Crippen LogP contribution in [0.15, 0.2) is 66.9 Å². The number of carbonyl (C=O) groups is 1. The quantitative estimate of drug-likeness (QED) is 0.655. The molecule has 0 unspecified atom stereocenters. The van der Waals surface area contributed by atoms with Crippen LogP contribution < -0.4 is 5.32 Å². The molecule has 1 N–H and O–H groups in total. The second-order valence-corrected chi connectivity index (χ2v) is 7.82. The summed E-state index contributed by atoms with van der Waals surface area (Å²) in [5, 5.41) is 3.17. The smallest absolute Gasteiger partial charge is 0.268 e. The minimum absolute atomic E-state index is 0.00656. The number of hydrogen-bond acceptors (Lipinski definition) is 2. The van der Waals surface area contributed by atoms with Crippen LogP contribution in [0.25, 0.3) is 11.1 Å². The van der Waals surface area contributed by atoms with E-state index in [1.54, 1.807) is 0 Å². The van der Waals surface area contributed by atoms with Gasteiger partial charge in [-0.3, -0.25) is 4.79 Å². The van der Waals surface area contributed by atoms with Crippen molar-refractivity contribution in [3.05, 3.63) is 83.7 Å². The molecule has 2 heterocycles. The third kappa shape index (κ3) is 4.60. The Balaban J connectivity index is 1.61. The molecule has 29 heavy (non-hydrogen) atoms. The second-order valence-electron chi connectivity index (χ2n) is 7.82. The van der Waals surface area contributed by atoms with E-state index in [4.69, 9.17) is 0 Å². The van der Waals surface area contributed by atoms with Crippen LogP contribution in [-0.4, -0.2) is 41.6 Å². The number of nitrogens with one attached hydrogen (secondary N) is 1. The summed E-state index contributed by atoms with van der Waals surface area (Å²) in [4.78, 5) is 15.7. The molecule has 4 heteroatoms. The van der Waals surface area contributed by atoms with Crippen LogP contribution >= 0.6 is 0 Å². The van der Waals surface area contributed by atoms with Crippen molar-refractivity contribution in [2.24, 2.45) is 0 Å². The summed E-state index contributed by atoms with van der Waals surface area (Å²) < 4.78 is 2.10. The maximum atomic E-state index is 13.3. The van der Waals surface area contributed by atoms with Crippen LogP contribution in [0.2, 0.25) is 0 Å². The second kappa shape index (κ2) is 9.10. The molecule has 1 aliphatic heterocycles. The zero-order valence-electron chi connectivity index (χ0n) is 17.1. The Bertz CT molecular complexity index is 941. The van der Waals surface area contributed by atoms with Gasteiger partial charge in [0.2, 0.25) is 0 Å². The summed E-state index contributed by atoms with van der Waals surface area (Å²) >= 11 is 0. The first-order valence-electron chi connectivity index (χ1n) is 10.5. The van der Waals surface area contributed by atoms with E-state index in [1.807, 2.05) is 36.4 Å². The van der Waals surface area contributed by atoms with Crippen molar-refractivity contribution < 1.29 is 4.79 Å². The topological polar surface area (TPSA) is 37.3 Å². The lowest BCUT2D eigenvalue weighted by Gasteiger charge is -2.16. The predicted molar refractivity (Wildman–Crippen MR) is 118 cm³/mol. The van der Waals surface area contributed by atoms with Gasteiger partial charge in [-0.25, -0.2) is 0 Å². The van der Waals surface area contributed by atoms with Gasteiger partial charge in [-0.2, -0.15) is 0 Å². The highest BCUT2D eigenvalue weighted by molar-refractivity contribution is 6.00. The van der Waals surface area contributed by atoms with Crippen LogP contribution in [0.3, 0.4) is 0 Å². The van der Waals surface area contributed by atoms with Gasteiger partial charge in [-0.05, 0) is 49.5 Å². The number of nitrogens with zero attached hydrogens (tertiary/aromatic N) is 2. The van der Waals surface area contributed by atoms with Crippen molar-refractivity contribution in [2.45, 2.75) is 26.3 Å². The zero-order valence-corrected chi connectivity index (χ0v) is 17.1. The molecule has 0 radical (unpaired) electrons. The third-order valence-electron chi connectivity index (χ3n) is 5.65. The molecule has 1 fully saturated rings. The maximum Gasteiger partial charge on any atom is 0.268 e. The van der Waals surface area contributed by atoms with Gasteiger partial charge in [0, 0.05) is 31.4 Å². The fraction of sp³-hybridized carbons (Fsp3) is 0.320. The monoisotopic (exact) mass is 387 g/mol. The van der Waals surface area contributed by atoms with Crippen molar-refractivity contribution in [3.63, 3.8) is 0 Å². The number of likely N-dealkylation sites (tertiary alicyclic amines) is 1. The van der Waals surface area contributed by atoms with E-state index < -0.39 is 0 Å². The summed E-state index contributed by atoms with van der Waals surface area (Å²) in [6.45, 7) is 6.67. The number of hydrogen-bond donors (Lipinski definition) is 1. The molecule has 0 bridgehead atoms. The van der Waals surface area contributed by atoms with Crippen LogP contribution in [0, 0.1) is 6.92 Å². The van der Waals surface area contributed by atoms with Crippen LogP contribution in [0.1, 0.15) is 34.5 Å². The number of benzene rings is 2. The largest absolute Gasteiger partial charge is 0.349 e. The average Bonchev–Trinajstić information content (AvgIpc) is 3.37. The van der Waals surface area contributed by atoms with Crippen molar-refractivity contribution in [2.75, 3.05) is 26.2 Å². The van der Waals surface area contributed by atoms with Crippen LogP contribution in [0.5, 0.6) is 0 Å². The fourth-order valence-corrected chi connectivity index (χ4v) is 4.23. The summed E-state index contributed by atoms with van der Waals surface area (Å²) in [5.74, 6) is 0.00656. The summed E-state index contributed by atoms with van der Waals surface area (Å²) in [5.41, 5.74) is 5.17. The van der Waals surface area contributed by atoms with E-state index in [-0.39, 0.29) is 5.91 Å². The summed E-state index contributed by atoms with van der Waals surface area (Å²) in [6.07, 6.45) is 4.64. The van der Waals surface area contributed by atoms with E-state index >= 15 is 0 Å². The molecule has 2 aromatic carbocycles. The molecule has 4 nitrogen and oxygen atoms in total. The van der Waals surface area contributed by atoms with Crippen molar-refractivity contribution >= 4 is 5.91 Å². The summed E-state index contributed by atoms with van der Waals surface area (Å²) in [6, 6.07) is 20.5. The first-order valence-corrected chi connectivity index (χ1v) is 10.5. The Morgan fingerprint density at radius 2 is 1.62 bits per heavy atom. The van der Waals surface area contributed by atoms with Gasteiger partial charge >= 0.3 is 0 Å². The molecule has 1 amide bonds. The van der Waals surface area contributed by atoms with Gasteiger partial charge in [0.25, 0.3) is 5.91 Å². The Labute approximate surface area is 173 Å². The van der Waals surface area contributed by atoms with Gasteiger partial charge in [-0.15, -0.1) is 0 Å². The highest BCUT2D eigenvalue weighted by Gasteiger charge is 2.21. The fourth-order valence-electron chi connectivity index (χ4n) is 4.23. The normalized spacial score (nSPS) is 14.2. The van der Waals surface area contributed by atoms with E-state index in [2.05, 4.69) is 52.2 Å². The maximum absolute atomic E-state index is 13.3. The lowest BCUT2D eigenvalue weighted by atomic mass is 10.0. The SMILES string of the molecule is Cc1cn(Cc2ccccc2)c(C(=O)NCCN2CCCC2)c1-c1ccccc1. The lowest BCUT2D eigenvalue weighted by molar-refractivity contribution is 0.0941. The molecule has 4 rings (SSSR count). The van der Waals surface area contributed by atoms with Crippen molar-refractivity contribution in [1.82, 2.24) is 14.8 Å². The third-order valence-corrected chi connectivity index (χ3v) is 5.65. The molecular weight excluding hydrogens is 358 g/mol. The highest BCUT2D eigenvalue weighted by atomic mass is 16.1. The van der Waals surface area contributed by atoms with E-state index in [0.717, 1.165) is 42.0 Å². The molecule has 0 aliphatic carbocycles. The van der Waals surface area contributed by atoms with E-state index in [1.165, 1.54) is 18.4 Å². The Morgan fingerprint density at radius 3 is 2.31 bits per heavy atom. The van der Waals surface area contributed by atoms with E-state index in [0.29, 0.717) is 13.1 Å². The van der Waals surface area contributed by atoms with Gasteiger partial charge in [-0.1, -0.05) is 60.7 Å². The van der Waals surface area contributed by atoms with Gasteiger partial charge < -0.3 is 14.8 Å². The average molecular weight is 388 g/mol. The molecule has 0 spiro atoms. The first kappa shape index (κ1) is 19.5. The first-order chi connectivity index (χ1) is 14.2. The molecule has 0 saturated carbocycles. The molecular formula is C25H29N3O. The minimum Gasteiger partial charge on any atom is -0.349 e. The molecule has 3 aromatic rings. The number of amides is 1. The highest BCUT2D eigenvalue weighted by Crippen LogP contribution is 2.30. The van der Waals surface area contributed by atoms with Crippen LogP contribution in [-0.2, 0) is 6.54 Å². The Kier molecular flexibility index (Phi) is 6.11.